The predicted octanol–water partition coefficient (Wildman–Crippen LogP) is 3.69. The monoisotopic (exact) mass is 315 g/mol. The largest absolute Gasteiger partial charge is 0.274 e. The molecule has 0 aliphatic carbocycles. The van der Waals surface area contributed by atoms with Crippen LogP contribution in [0.3, 0.4) is 0 Å². The third-order valence-corrected chi connectivity index (χ3v) is 4.48. The fraction of sp³-hybridized carbons (Fsp3) is 0.500. The maximum atomic E-state index is 12.0. The van der Waals surface area contributed by atoms with Gasteiger partial charge in [0.25, 0.3) is 11.8 Å². The Bertz CT molecular complexity index is 422. The molecule has 0 radical (unpaired) electrons. The van der Waals surface area contributed by atoms with Gasteiger partial charge in [0.2, 0.25) is 0 Å². The van der Waals surface area contributed by atoms with Gasteiger partial charge in [-0.05, 0) is 28.4 Å². The van der Waals surface area contributed by atoms with Gasteiger partial charge in [-0.2, -0.15) is 0 Å². The van der Waals surface area contributed by atoms with E-state index in [-0.39, 0.29) is 11.8 Å². The van der Waals surface area contributed by atoms with Crippen LogP contribution in [0.4, 0.5) is 0 Å². The Morgan fingerprint density at radius 1 is 1.24 bits per heavy atom. The van der Waals surface area contributed by atoms with Crippen molar-refractivity contribution >= 4 is 39.1 Å². The first-order chi connectivity index (χ1) is 8.15. The zero-order valence-corrected chi connectivity index (χ0v) is 12.1. The van der Waals surface area contributed by atoms with Crippen LogP contribution in [0, 0.1) is 0 Å². The standard InChI is InChI=1S/C12H14BrNO2S/c1-2-3-4-5-6-14-11(15)8-7-9(13)17-10(8)12(14)16/h7H,2-6H2,1H3. The van der Waals surface area contributed by atoms with Crippen LogP contribution in [0.25, 0.3) is 0 Å². The van der Waals surface area contributed by atoms with Crippen molar-refractivity contribution in [1.82, 2.24) is 4.90 Å². The summed E-state index contributed by atoms with van der Waals surface area (Å²) >= 11 is 4.64. The summed E-state index contributed by atoms with van der Waals surface area (Å²) in [5, 5.41) is 0. The van der Waals surface area contributed by atoms with Crippen LogP contribution >= 0.6 is 27.3 Å². The Morgan fingerprint density at radius 2 is 2.00 bits per heavy atom. The van der Waals surface area contributed by atoms with E-state index in [0.29, 0.717) is 17.0 Å². The van der Waals surface area contributed by atoms with Gasteiger partial charge in [-0.3, -0.25) is 14.5 Å². The molecule has 0 unspecified atom stereocenters. The van der Waals surface area contributed by atoms with Crippen LogP contribution in [0.15, 0.2) is 9.85 Å². The van der Waals surface area contributed by atoms with E-state index in [9.17, 15) is 9.59 Å². The van der Waals surface area contributed by atoms with Crippen molar-refractivity contribution in [2.24, 2.45) is 0 Å². The number of carbonyl (C=O) groups excluding carboxylic acids is 2. The number of rotatable bonds is 5. The molecule has 2 amide bonds. The minimum atomic E-state index is -0.136. The molecule has 2 heterocycles. The SMILES string of the molecule is CCCCCCN1C(=O)c2cc(Br)sc2C1=O. The molecule has 0 spiro atoms. The predicted molar refractivity (Wildman–Crippen MR) is 71.5 cm³/mol. The summed E-state index contributed by atoms with van der Waals surface area (Å²) in [5.74, 6) is -0.263. The maximum Gasteiger partial charge on any atom is 0.271 e. The number of halogens is 1. The Labute approximate surface area is 113 Å². The van der Waals surface area contributed by atoms with Crippen LogP contribution in [0.1, 0.15) is 52.6 Å². The summed E-state index contributed by atoms with van der Waals surface area (Å²) < 4.78 is 0.842. The molecule has 92 valence electrons. The number of amides is 2. The highest BCUT2D eigenvalue weighted by molar-refractivity contribution is 9.11. The second-order valence-corrected chi connectivity index (χ2v) is 6.55. The Hall–Kier alpha value is -0.680. The highest BCUT2D eigenvalue weighted by Gasteiger charge is 2.37. The summed E-state index contributed by atoms with van der Waals surface area (Å²) in [6.45, 7) is 2.69. The van der Waals surface area contributed by atoms with Crippen molar-refractivity contribution in [1.29, 1.82) is 0 Å². The first-order valence-electron chi connectivity index (χ1n) is 5.80. The Balaban J connectivity index is 2.01. The Morgan fingerprint density at radius 3 is 2.65 bits per heavy atom. The molecule has 1 aliphatic heterocycles. The minimum absolute atomic E-state index is 0.128. The number of hydrogen-bond donors (Lipinski definition) is 0. The van der Waals surface area contributed by atoms with Gasteiger partial charge in [0, 0.05) is 6.54 Å². The van der Waals surface area contributed by atoms with E-state index < -0.39 is 0 Å². The fourth-order valence-corrected chi connectivity index (χ4v) is 3.48. The van der Waals surface area contributed by atoms with Crippen molar-refractivity contribution < 1.29 is 9.59 Å². The molecular weight excluding hydrogens is 302 g/mol. The van der Waals surface area contributed by atoms with E-state index >= 15 is 0 Å². The van der Waals surface area contributed by atoms with Crippen LogP contribution < -0.4 is 0 Å². The smallest absolute Gasteiger partial charge is 0.271 e. The van der Waals surface area contributed by atoms with Gasteiger partial charge in [-0.15, -0.1) is 11.3 Å². The summed E-state index contributed by atoms with van der Waals surface area (Å²) in [6, 6.07) is 1.74. The lowest BCUT2D eigenvalue weighted by Gasteiger charge is -2.13. The molecule has 0 aromatic carbocycles. The number of thiophene rings is 1. The van der Waals surface area contributed by atoms with Gasteiger partial charge >= 0.3 is 0 Å². The molecule has 0 atom stereocenters. The highest BCUT2D eigenvalue weighted by Crippen LogP contribution is 2.33. The molecule has 0 N–H and O–H groups in total. The van der Waals surface area contributed by atoms with E-state index in [0.717, 1.165) is 29.5 Å². The normalized spacial score (nSPS) is 14.6. The Kier molecular flexibility index (Phi) is 3.99. The van der Waals surface area contributed by atoms with Crippen LogP contribution in [-0.2, 0) is 0 Å². The zero-order valence-electron chi connectivity index (χ0n) is 9.66. The third-order valence-electron chi connectivity index (χ3n) is 2.85. The van der Waals surface area contributed by atoms with Crippen molar-refractivity contribution in [2.45, 2.75) is 32.6 Å². The second-order valence-electron chi connectivity index (χ2n) is 4.12. The number of imide groups is 1. The molecule has 2 rings (SSSR count). The topological polar surface area (TPSA) is 37.4 Å². The first-order valence-corrected chi connectivity index (χ1v) is 7.41. The molecule has 5 heteroatoms. The van der Waals surface area contributed by atoms with Gasteiger partial charge in [-0.1, -0.05) is 26.2 Å². The van der Waals surface area contributed by atoms with E-state index in [4.69, 9.17) is 0 Å². The van der Waals surface area contributed by atoms with Crippen LogP contribution in [0.2, 0.25) is 0 Å². The molecule has 1 aromatic heterocycles. The van der Waals surface area contributed by atoms with Crippen molar-refractivity contribution in [2.75, 3.05) is 6.54 Å². The van der Waals surface area contributed by atoms with Gasteiger partial charge < -0.3 is 0 Å². The molecule has 0 saturated carbocycles. The molecule has 0 fully saturated rings. The van der Waals surface area contributed by atoms with Gasteiger partial charge in [-0.25, -0.2) is 0 Å². The van der Waals surface area contributed by atoms with Crippen molar-refractivity contribution in [3.8, 4) is 0 Å². The van der Waals surface area contributed by atoms with E-state index in [1.807, 2.05) is 0 Å². The van der Waals surface area contributed by atoms with Gasteiger partial charge in [0.05, 0.1) is 9.35 Å². The molecule has 0 bridgehead atoms. The lowest BCUT2D eigenvalue weighted by atomic mass is 10.2. The van der Waals surface area contributed by atoms with Gasteiger partial charge in [0.15, 0.2) is 0 Å². The van der Waals surface area contributed by atoms with E-state index in [1.54, 1.807) is 6.07 Å². The summed E-state index contributed by atoms with van der Waals surface area (Å²) in [7, 11) is 0. The summed E-state index contributed by atoms with van der Waals surface area (Å²) in [5.41, 5.74) is 0.558. The van der Waals surface area contributed by atoms with E-state index in [2.05, 4.69) is 22.9 Å². The number of fused-ring (bicyclic) bond motifs is 1. The lowest BCUT2D eigenvalue weighted by molar-refractivity contribution is 0.0653. The van der Waals surface area contributed by atoms with Gasteiger partial charge in [0.1, 0.15) is 4.88 Å². The number of unbranched alkanes of at least 4 members (excludes halogenated alkanes) is 3. The molecule has 3 nitrogen and oxygen atoms in total. The maximum absolute atomic E-state index is 12.0. The van der Waals surface area contributed by atoms with Crippen molar-refractivity contribution in [3.63, 3.8) is 0 Å². The van der Waals surface area contributed by atoms with Crippen LogP contribution in [0.5, 0.6) is 0 Å². The third kappa shape index (κ3) is 2.45. The molecule has 0 saturated heterocycles. The average molecular weight is 316 g/mol. The summed E-state index contributed by atoms with van der Waals surface area (Å²) in [4.78, 5) is 25.9. The minimum Gasteiger partial charge on any atom is -0.274 e. The number of hydrogen-bond acceptors (Lipinski definition) is 3. The fourth-order valence-electron chi connectivity index (χ4n) is 1.94. The summed E-state index contributed by atoms with van der Waals surface area (Å²) in [6.07, 6.45) is 4.29. The quantitative estimate of drug-likeness (QED) is 0.614. The first kappa shape index (κ1) is 12.8. The molecule has 1 aliphatic rings. The second kappa shape index (κ2) is 5.31. The molecule has 1 aromatic rings. The molecule has 17 heavy (non-hydrogen) atoms. The zero-order chi connectivity index (χ0) is 12.4. The lowest BCUT2D eigenvalue weighted by Crippen LogP contribution is -2.30. The van der Waals surface area contributed by atoms with E-state index in [1.165, 1.54) is 16.2 Å². The highest BCUT2D eigenvalue weighted by atomic mass is 79.9. The number of nitrogens with zero attached hydrogens (tertiary/aromatic N) is 1. The molecular formula is C12H14BrNO2S. The van der Waals surface area contributed by atoms with Crippen molar-refractivity contribution in [3.05, 3.63) is 20.3 Å². The number of carbonyl (C=O) groups is 2. The van der Waals surface area contributed by atoms with Crippen LogP contribution in [-0.4, -0.2) is 23.3 Å². The average Bonchev–Trinajstić information content (AvgIpc) is 2.77.